The van der Waals surface area contributed by atoms with Crippen LogP contribution < -0.4 is 11.1 Å². The van der Waals surface area contributed by atoms with Gasteiger partial charge in [0.05, 0.1) is 6.10 Å². The Balaban J connectivity index is 0.00000264. The molecule has 1 amide bonds. The summed E-state index contributed by atoms with van der Waals surface area (Å²) in [5, 5.41) is 2.82. The number of Topliss-reactive ketones (excluding diaryl/α,β-unsaturated/α-hetero) is 1. The Morgan fingerprint density at radius 1 is 1.22 bits per heavy atom. The first-order chi connectivity index (χ1) is 10.3. The fraction of sp³-hybridized carbons (Fsp3) is 0.529. The summed E-state index contributed by atoms with van der Waals surface area (Å²) < 4.78 is 5.56. The molecule has 2 atom stereocenters. The highest BCUT2D eigenvalue weighted by molar-refractivity contribution is 6.00. The highest BCUT2D eigenvalue weighted by Crippen LogP contribution is 2.23. The van der Waals surface area contributed by atoms with Crippen LogP contribution in [0.5, 0.6) is 0 Å². The number of benzene rings is 1. The molecule has 1 aromatic rings. The summed E-state index contributed by atoms with van der Waals surface area (Å²) in [5.41, 5.74) is 6.43. The Morgan fingerprint density at radius 2 is 1.83 bits per heavy atom. The van der Waals surface area contributed by atoms with E-state index in [-0.39, 0.29) is 30.2 Å². The third kappa shape index (κ3) is 5.03. The van der Waals surface area contributed by atoms with E-state index in [0.29, 0.717) is 24.2 Å². The van der Waals surface area contributed by atoms with Crippen LogP contribution in [0, 0.1) is 5.41 Å². The lowest BCUT2D eigenvalue weighted by molar-refractivity contribution is -0.126. The average molecular weight is 341 g/mol. The molecule has 1 aromatic carbocycles. The van der Waals surface area contributed by atoms with Crippen molar-refractivity contribution in [1.29, 1.82) is 0 Å². The molecular weight excluding hydrogens is 316 g/mol. The molecule has 0 bridgehead atoms. The third-order valence-electron chi connectivity index (χ3n) is 3.76. The highest BCUT2D eigenvalue weighted by Gasteiger charge is 2.30. The maximum Gasteiger partial charge on any atom is 0.253 e. The second-order valence-corrected chi connectivity index (χ2v) is 6.71. The summed E-state index contributed by atoms with van der Waals surface area (Å²) in [6.07, 6.45) is 1.04. The molecule has 6 heteroatoms. The quantitative estimate of drug-likeness (QED) is 0.826. The predicted octanol–water partition coefficient (Wildman–Crippen LogP) is 2.78. The first-order valence-corrected chi connectivity index (χ1v) is 7.62. The van der Waals surface area contributed by atoms with Crippen molar-refractivity contribution < 1.29 is 14.3 Å². The number of hydrogen-bond acceptors (Lipinski definition) is 4. The molecule has 0 spiro atoms. The zero-order valence-electron chi connectivity index (χ0n) is 13.8. The normalized spacial score (nSPS) is 20.7. The van der Waals surface area contributed by atoms with Gasteiger partial charge in [0.2, 0.25) is 0 Å². The Hall–Kier alpha value is -1.43. The van der Waals surface area contributed by atoms with Crippen LogP contribution in [0.1, 0.15) is 44.0 Å². The molecule has 0 unspecified atom stereocenters. The van der Waals surface area contributed by atoms with Crippen molar-refractivity contribution >= 4 is 29.8 Å². The van der Waals surface area contributed by atoms with Gasteiger partial charge < -0.3 is 15.8 Å². The number of ether oxygens (including phenoxy) is 1. The molecule has 0 radical (unpaired) electrons. The van der Waals surface area contributed by atoms with E-state index >= 15 is 0 Å². The number of amides is 1. The van der Waals surface area contributed by atoms with Crippen LogP contribution in [0.2, 0.25) is 0 Å². The first kappa shape index (κ1) is 19.6. The summed E-state index contributed by atoms with van der Waals surface area (Å²) in [7, 11) is 0. The van der Waals surface area contributed by atoms with Crippen molar-refractivity contribution in [2.45, 2.75) is 45.8 Å². The minimum absolute atomic E-state index is 0. The molecule has 1 saturated heterocycles. The molecule has 1 heterocycles. The third-order valence-corrected chi connectivity index (χ3v) is 3.76. The van der Waals surface area contributed by atoms with Gasteiger partial charge in [-0.05, 0) is 37.1 Å². The van der Waals surface area contributed by atoms with Crippen molar-refractivity contribution in [2.24, 2.45) is 11.1 Å². The SMILES string of the molecule is CC(C)(C)C(=O)c1ccc(NC(=O)[C@@H]2CC[C@H](CN)O2)cc1.Cl. The van der Waals surface area contributed by atoms with E-state index in [1.165, 1.54) is 0 Å². The Labute approximate surface area is 143 Å². The monoisotopic (exact) mass is 340 g/mol. The number of carbonyl (C=O) groups is 2. The summed E-state index contributed by atoms with van der Waals surface area (Å²) in [6, 6.07) is 6.96. The average Bonchev–Trinajstić information content (AvgIpc) is 2.95. The largest absolute Gasteiger partial charge is 0.364 e. The molecule has 0 aromatic heterocycles. The molecule has 1 fully saturated rings. The van der Waals surface area contributed by atoms with Crippen molar-refractivity contribution in [1.82, 2.24) is 0 Å². The number of rotatable bonds is 4. The molecule has 23 heavy (non-hydrogen) atoms. The Kier molecular flexibility index (Phi) is 6.74. The summed E-state index contributed by atoms with van der Waals surface area (Å²) in [4.78, 5) is 24.3. The van der Waals surface area contributed by atoms with Crippen LogP contribution >= 0.6 is 12.4 Å². The lowest BCUT2D eigenvalue weighted by Crippen LogP contribution is -2.29. The molecule has 3 N–H and O–H groups in total. The van der Waals surface area contributed by atoms with Gasteiger partial charge in [0.25, 0.3) is 5.91 Å². The summed E-state index contributed by atoms with van der Waals surface area (Å²) >= 11 is 0. The lowest BCUT2D eigenvalue weighted by atomic mass is 9.86. The number of halogens is 1. The molecule has 0 saturated carbocycles. The number of hydrogen-bond donors (Lipinski definition) is 2. The topological polar surface area (TPSA) is 81.4 Å². The zero-order chi connectivity index (χ0) is 16.3. The van der Waals surface area contributed by atoms with Gasteiger partial charge in [0.1, 0.15) is 6.10 Å². The van der Waals surface area contributed by atoms with Crippen LogP contribution in [0.3, 0.4) is 0 Å². The minimum Gasteiger partial charge on any atom is -0.364 e. The molecule has 0 aliphatic carbocycles. The van der Waals surface area contributed by atoms with Gasteiger partial charge in [-0.3, -0.25) is 9.59 Å². The first-order valence-electron chi connectivity index (χ1n) is 7.62. The lowest BCUT2D eigenvalue weighted by Gasteiger charge is -2.17. The molecule has 2 rings (SSSR count). The standard InChI is InChI=1S/C17H24N2O3.ClH/c1-17(2,3)15(20)11-4-6-12(7-5-11)19-16(21)14-9-8-13(10-18)22-14;/h4-7,13-14H,8-10,18H2,1-3H3,(H,19,21);1H/t13-,14+;/m1./s1. The van der Waals surface area contributed by atoms with Crippen molar-refractivity contribution in [3.63, 3.8) is 0 Å². The molecule has 1 aliphatic heterocycles. The molecule has 128 valence electrons. The maximum atomic E-state index is 12.2. The van der Waals surface area contributed by atoms with E-state index in [0.717, 1.165) is 6.42 Å². The Morgan fingerprint density at radius 3 is 2.30 bits per heavy atom. The van der Waals surface area contributed by atoms with Gasteiger partial charge in [0, 0.05) is 23.2 Å². The number of ketones is 1. The van der Waals surface area contributed by atoms with E-state index < -0.39 is 11.5 Å². The van der Waals surface area contributed by atoms with E-state index in [4.69, 9.17) is 10.5 Å². The summed E-state index contributed by atoms with van der Waals surface area (Å²) in [5.74, 6) is -0.0823. The number of carbonyl (C=O) groups excluding carboxylic acids is 2. The van der Waals surface area contributed by atoms with Gasteiger partial charge >= 0.3 is 0 Å². The van der Waals surface area contributed by atoms with E-state index in [1.54, 1.807) is 24.3 Å². The second kappa shape index (κ2) is 7.90. The second-order valence-electron chi connectivity index (χ2n) is 6.71. The molecule has 5 nitrogen and oxygen atoms in total. The Bertz CT molecular complexity index is 552. The van der Waals surface area contributed by atoms with Gasteiger partial charge in [0.15, 0.2) is 5.78 Å². The fourth-order valence-electron chi connectivity index (χ4n) is 2.43. The molecular formula is C17H25ClN2O3. The van der Waals surface area contributed by atoms with Gasteiger partial charge in [-0.1, -0.05) is 20.8 Å². The van der Waals surface area contributed by atoms with E-state index in [2.05, 4.69) is 5.32 Å². The van der Waals surface area contributed by atoms with Gasteiger partial charge in [-0.2, -0.15) is 0 Å². The minimum atomic E-state index is -0.440. The number of nitrogens with two attached hydrogens (primary N) is 1. The van der Waals surface area contributed by atoms with Gasteiger partial charge in [-0.25, -0.2) is 0 Å². The van der Waals surface area contributed by atoms with E-state index in [1.807, 2.05) is 20.8 Å². The van der Waals surface area contributed by atoms with Crippen LogP contribution in [-0.2, 0) is 9.53 Å². The molecule has 1 aliphatic rings. The summed E-state index contributed by atoms with van der Waals surface area (Å²) in [6.45, 7) is 6.09. The fourth-order valence-corrected chi connectivity index (χ4v) is 2.43. The number of nitrogens with one attached hydrogen (secondary N) is 1. The predicted molar refractivity (Wildman–Crippen MR) is 93.1 cm³/mol. The van der Waals surface area contributed by atoms with Crippen LogP contribution in [0.4, 0.5) is 5.69 Å². The van der Waals surface area contributed by atoms with Crippen LogP contribution in [0.15, 0.2) is 24.3 Å². The van der Waals surface area contributed by atoms with E-state index in [9.17, 15) is 9.59 Å². The van der Waals surface area contributed by atoms with Crippen LogP contribution in [-0.4, -0.2) is 30.4 Å². The highest BCUT2D eigenvalue weighted by atomic mass is 35.5. The number of anilines is 1. The smallest absolute Gasteiger partial charge is 0.253 e. The van der Waals surface area contributed by atoms with Gasteiger partial charge in [-0.15, -0.1) is 12.4 Å². The zero-order valence-corrected chi connectivity index (χ0v) is 14.6. The van der Waals surface area contributed by atoms with Crippen molar-refractivity contribution in [3.05, 3.63) is 29.8 Å². The maximum absolute atomic E-state index is 12.2. The van der Waals surface area contributed by atoms with Crippen LogP contribution in [0.25, 0.3) is 0 Å². The van der Waals surface area contributed by atoms with Crippen molar-refractivity contribution in [2.75, 3.05) is 11.9 Å². The van der Waals surface area contributed by atoms with Crippen molar-refractivity contribution in [3.8, 4) is 0 Å².